The van der Waals surface area contributed by atoms with Gasteiger partial charge < -0.3 is 9.53 Å². The molecule has 1 aliphatic heterocycles. The summed E-state index contributed by atoms with van der Waals surface area (Å²) in [5.74, 6) is -0.275. The van der Waals surface area contributed by atoms with Crippen LogP contribution in [0.15, 0.2) is 24.3 Å². The van der Waals surface area contributed by atoms with Crippen LogP contribution in [0, 0.1) is 5.82 Å². The number of rotatable bonds is 2. The molecule has 2 atom stereocenters. The smallest absolute Gasteiger partial charge is 0.139 e. The van der Waals surface area contributed by atoms with Crippen molar-refractivity contribution in [3.8, 4) is 0 Å². The number of hydrogen-bond acceptors (Lipinski definition) is 3. The highest BCUT2D eigenvalue weighted by Gasteiger charge is 2.22. The van der Waals surface area contributed by atoms with Crippen LogP contribution in [0.4, 0.5) is 4.39 Å². The third-order valence-corrected chi connectivity index (χ3v) is 2.41. The maximum atomic E-state index is 13.0. The topological polar surface area (TPSA) is 38.3 Å². The first-order valence-electron chi connectivity index (χ1n) is 4.84. The minimum Gasteiger partial charge on any atom is -0.377 e. The van der Waals surface area contributed by atoms with Crippen molar-refractivity contribution in [1.29, 1.82) is 0 Å². The summed E-state index contributed by atoms with van der Waals surface area (Å²) in [5.41, 5.74) is 0.807. The minimum atomic E-state index is -0.299. The fourth-order valence-corrected chi connectivity index (χ4v) is 1.66. The lowest BCUT2D eigenvalue weighted by Gasteiger charge is -2.28. The van der Waals surface area contributed by atoms with Crippen molar-refractivity contribution < 1.29 is 13.9 Å². The Kier molecular flexibility index (Phi) is 3.08. The minimum absolute atomic E-state index is 0.107. The van der Waals surface area contributed by atoms with Crippen molar-refractivity contribution in [2.45, 2.75) is 12.1 Å². The monoisotopic (exact) mass is 209 g/mol. The summed E-state index contributed by atoms with van der Waals surface area (Å²) in [5, 5.41) is 3.09. The van der Waals surface area contributed by atoms with Gasteiger partial charge in [-0.25, -0.2) is 4.39 Å². The molecule has 0 radical (unpaired) electrons. The Labute approximate surface area is 87.2 Å². The van der Waals surface area contributed by atoms with Crippen LogP contribution in [0.3, 0.4) is 0 Å². The summed E-state index contributed by atoms with van der Waals surface area (Å²) in [4.78, 5) is 10.6. The van der Waals surface area contributed by atoms with Crippen LogP contribution in [0.2, 0.25) is 0 Å². The molecule has 1 unspecified atom stereocenters. The van der Waals surface area contributed by atoms with E-state index in [-0.39, 0.29) is 17.9 Å². The second-order valence-electron chi connectivity index (χ2n) is 3.55. The first kappa shape index (κ1) is 10.3. The van der Waals surface area contributed by atoms with Gasteiger partial charge in [0.15, 0.2) is 0 Å². The molecule has 0 saturated carbocycles. The molecule has 1 heterocycles. The van der Waals surface area contributed by atoms with Crippen molar-refractivity contribution in [2.75, 3.05) is 13.2 Å². The maximum Gasteiger partial charge on any atom is 0.139 e. The average molecular weight is 209 g/mol. The van der Waals surface area contributed by atoms with E-state index < -0.39 is 0 Å². The Hall–Kier alpha value is -1.26. The second kappa shape index (κ2) is 4.51. The van der Waals surface area contributed by atoms with E-state index in [0.29, 0.717) is 13.2 Å². The van der Waals surface area contributed by atoms with Crippen LogP contribution in [-0.4, -0.2) is 25.5 Å². The summed E-state index contributed by atoms with van der Waals surface area (Å²) in [7, 11) is 0. The number of halogens is 1. The highest BCUT2D eigenvalue weighted by atomic mass is 19.1. The molecule has 0 spiro atoms. The lowest BCUT2D eigenvalue weighted by Crippen LogP contribution is -2.44. The molecule has 15 heavy (non-hydrogen) atoms. The van der Waals surface area contributed by atoms with Gasteiger partial charge in [-0.3, -0.25) is 5.32 Å². The number of carbonyl (C=O) groups excluding carboxylic acids is 1. The fourth-order valence-electron chi connectivity index (χ4n) is 1.66. The van der Waals surface area contributed by atoms with Gasteiger partial charge in [0.1, 0.15) is 12.1 Å². The number of benzene rings is 1. The van der Waals surface area contributed by atoms with E-state index in [0.717, 1.165) is 11.8 Å². The first-order valence-corrected chi connectivity index (χ1v) is 4.84. The van der Waals surface area contributed by atoms with Crippen molar-refractivity contribution in [3.05, 3.63) is 35.6 Å². The summed E-state index contributed by atoms with van der Waals surface area (Å²) in [6.45, 7) is 0.850. The van der Waals surface area contributed by atoms with E-state index in [1.165, 1.54) is 12.1 Å². The largest absolute Gasteiger partial charge is 0.377 e. The summed E-state index contributed by atoms with van der Waals surface area (Å²) < 4.78 is 18.2. The van der Waals surface area contributed by atoms with Crippen LogP contribution in [-0.2, 0) is 9.53 Å². The molecular weight excluding hydrogens is 197 g/mol. The number of hydrogen-bond donors (Lipinski definition) is 1. The Morgan fingerprint density at radius 2 is 2.33 bits per heavy atom. The van der Waals surface area contributed by atoms with E-state index >= 15 is 0 Å². The zero-order chi connectivity index (χ0) is 10.7. The van der Waals surface area contributed by atoms with Gasteiger partial charge in [-0.2, -0.15) is 0 Å². The molecule has 0 amide bonds. The number of morpholine rings is 1. The Morgan fingerprint density at radius 1 is 1.47 bits per heavy atom. The lowest BCUT2D eigenvalue weighted by molar-refractivity contribution is -0.112. The summed E-state index contributed by atoms with van der Waals surface area (Å²) >= 11 is 0. The van der Waals surface area contributed by atoms with Gasteiger partial charge in [0.05, 0.1) is 25.3 Å². The van der Waals surface area contributed by atoms with Gasteiger partial charge in [-0.1, -0.05) is 12.1 Å². The molecular formula is C11H12FNO2. The molecule has 1 aromatic rings. The predicted molar refractivity (Wildman–Crippen MR) is 52.9 cm³/mol. The number of nitrogens with one attached hydrogen (secondary N) is 1. The van der Waals surface area contributed by atoms with Gasteiger partial charge in [-0.15, -0.1) is 0 Å². The second-order valence-corrected chi connectivity index (χ2v) is 3.55. The van der Waals surface area contributed by atoms with Crippen LogP contribution in [0.5, 0.6) is 0 Å². The standard InChI is InChI=1S/C11H12FNO2/c12-9-3-1-2-8(4-9)11-7-15-6-10(5-14)13-11/h1-5,10-11,13H,6-7H2/t10?,11-/m0/s1. The van der Waals surface area contributed by atoms with Gasteiger partial charge >= 0.3 is 0 Å². The van der Waals surface area contributed by atoms with Gasteiger partial charge in [-0.05, 0) is 17.7 Å². The number of aldehydes is 1. The Balaban J connectivity index is 2.13. The molecule has 1 saturated heterocycles. The third-order valence-electron chi connectivity index (χ3n) is 2.41. The van der Waals surface area contributed by atoms with E-state index in [2.05, 4.69) is 5.32 Å². The van der Waals surface area contributed by atoms with Gasteiger partial charge in [0.2, 0.25) is 0 Å². The van der Waals surface area contributed by atoms with Crippen molar-refractivity contribution in [2.24, 2.45) is 0 Å². The molecule has 3 nitrogen and oxygen atoms in total. The molecule has 1 fully saturated rings. The van der Waals surface area contributed by atoms with Crippen LogP contribution in [0.25, 0.3) is 0 Å². The molecule has 0 bridgehead atoms. The molecule has 0 aromatic heterocycles. The van der Waals surface area contributed by atoms with Crippen LogP contribution >= 0.6 is 0 Å². The van der Waals surface area contributed by atoms with E-state index in [1.54, 1.807) is 6.07 Å². The van der Waals surface area contributed by atoms with E-state index in [1.807, 2.05) is 6.07 Å². The highest BCUT2D eigenvalue weighted by molar-refractivity contribution is 5.58. The lowest BCUT2D eigenvalue weighted by atomic mass is 10.1. The maximum absolute atomic E-state index is 13.0. The quantitative estimate of drug-likeness (QED) is 0.740. The molecule has 80 valence electrons. The zero-order valence-corrected chi connectivity index (χ0v) is 8.15. The van der Waals surface area contributed by atoms with E-state index in [4.69, 9.17) is 4.74 Å². The molecule has 4 heteroatoms. The molecule has 1 aliphatic rings. The van der Waals surface area contributed by atoms with Crippen molar-refractivity contribution in [1.82, 2.24) is 5.32 Å². The fraction of sp³-hybridized carbons (Fsp3) is 0.364. The normalized spacial score (nSPS) is 26.2. The zero-order valence-electron chi connectivity index (χ0n) is 8.15. The number of carbonyl (C=O) groups is 1. The third kappa shape index (κ3) is 2.40. The molecule has 0 aliphatic carbocycles. The van der Waals surface area contributed by atoms with Crippen LogP contribution in [0.1, 0.15) is 11.6 Å². The molecule has 1 aromatic carbocycles. The number of ether oxygens (including phenoxy) is 1. The highest BCUT2D eigenvalue weighted by Crippen LogP contribution is 2.17. The summed E-state index contributed by atoms with van der Waals surface area (Å²) in [6, 6.07) is 5.91. The van der Waals surface area contributed by atoms with Gasteiger partial charge in [0, 0.05) is 0 Å². The van der Waals surface area contributed by atoms with Crippen molar-refractivity contribution in [3.63, 3.8) is 0 Å². The molecule has 1 N–H and O–H groups in total. The SMILES string of the molecule is O=CC1COC[C@@H](c2cccc(F)c2)N1. The Morgan fingerprint density at radius 3 is 3.07 bits per heavy atom. The van der Waals surface area contributed by atoms with Crippen molar-refractivity contribution >= 4 is 6.29 Å². The van der Waals surface area contributed by atoms with E-state index in [9.17, 15) is 9.18 Å². The molecule has 2 rings (SSSR count). The van der Waals surface area contributed by atoms with Crippen LogP contribution < -0.4 is 5.32 Å². The predicted octanol–water partition coefficient (Wildman–Crippen LogP) is 1.05. The Bertz CT molecular complexity index is 356. The average Bonchev–Trinajstić information content (AvgIpc) is 2.29. The van der Waals surface area contributed by atoms with Gasteiger partial charge in [0.25, 0.3) is 0 Å². The summed E-state index contributed by atoms with van der Waals surface area (Å²) in [6.07, 6.45) is 0.811. The first-order chi connectivity index (χ1) is 7.29.